The van der Waals surface area contributed by atoms with Crippen LogP contribution in [0.25, 0.3) is 0 Å². The van der Waals surface area contributed by atoms with Crippen molar-refractivity contribution in [2.75, 3.05) is 37.9 Å². The van der Waals surface area contributed by atoms with Gasteiger partial charge in [0, 0.05) is 24.5 Å². The maximum absolute atomic E-state index is 12.4. The van der Waals surface area contributed by atoms with Gasteiger partial charge in [0.05, 0.1) is 25.3 Å². The van der Waals surface area contributed by atoms with E-state index in [1.165, 1.54) is 26.4 Å². The number of anilines is 2. The summed E-state index contributed by atoms with van der Waals surface area (Å²) in [4.78, 5) is 36.8. The number of ether oxygens (including phenoxy) is 2. The van der Waals surface area contributed by atoms with Crippen molar-refractivity contribution in [1.82, 2.24) is 10.6 Å². The molecule has 0 atom stereocenters. The normalized spacial score (nSPS) is 10.0. The first-order valence-electron chi connectivity index (χ1n) is 9.43. The third kappa shape index (κ3) is 5.63. The van der Waals surface area contributed by atoms with E-state index in [0.717, 1.165) is 0 Å². The molecule has 0 aliphatic rings. The molecule has 0 heterocycles. The Morgan fingerprint density at radius 1 is 0.733 bits per heavy atom. The topological polar surface area (TPSA) is 118 Å². The lowest BCUT2D eigenvalue weighted by molar-refractivity contribution is 0.0944. The standard InChI is InChI=1S/C21H26N4O5/c1-5-22-19(26)15-11-13(7-9-17(15)29-3)24-21(28)25-14-8-10-18(30-4)16(12-14)20(27)23-6-2/h7-12H,5-6H2,1-4H3,(H,22,26)(H,23,27)(H2,24,25,28). The van der Waals surface area contributed by atoms with Crippen LogP contribution in [0, 0.1) is 0 Å². The molecule has 0 saturated carbocycles. The van der Waals surface area contributed by atoms with Crippen molar-refractivity contribution in [2.24, 2.45) is 0 Å². The van der Waals surface area contributed by atoms with Crippen molar-refractivity contribution in [1.29, 1.82) is 0 Å². The Morgan fingerprint density at radius 2 is 1.13 bits per heavy atom. The lowest BCUT2D eigenvalue weighted by Gasteiger charge is -2.13. The van der Waals surface area contributed by atoms with E-state index < -0.39 is 6.03 Å². The summed E-state index contributed by atoms with van der Waals surface area (Å²) < 4.78 is 10.4. The lowest BCUT2D eigenvalue weighted by atomic mass is 10.1. The molecule has 0 aliphatic carbocycles. The fraction of sp³-hybridized carbons (Fsp3) is 0.286. The van der Waals surface area contributed by atoms with Crippen LogP contribution < -0.4 is 30.7 Å². The van der Waals surface area contributed by atoms with Gasteiger partial charge in [0.15, 0.2) is 0 Å². The van der Waals surface area contributed by atoms with Crippen LogP contribution in [0.1, 0.15) is 34.6 Å². The van der Waals surface area contributed by atoms with Gasteiger partial charge in [-0.3, -0.25) is 9.59 Å². The second-order valence-electron chi connectivity index (χ2n) is 6.13. The van der Waals surface area contributed by atoms with E-state index in [4.69, 9.17) is 9.47 Å². The van der Waals surface area contributed by atoms with Gasteiger partial charge in [0.1, 0.15) is 11.5 Å². The summed E-state index contributed by atoms with van der Waals surface area (Å²) in [6.07, 6.45) is 0. The Labute approximate surface area is 175 Å². The van der Waals surface area contributed by atoms with Gasteiger partial charge in [-0.1, -0.05) is 0 Å². The van der Waals surface area contributed by atoms with E-state index in [1.807, 2.05) is 13.8 Å². The minimum atomic E-state index is -0.533. The summed E-state index contributed by atoms with van der Waals surface area (Å²) in [5.41, 5.74) is 1.43. The van der Waals surface area contributed by atoms with Gasteiger partial charge in [-0.05, 0) is 50.2 Å². The average molecular weight is 414 g/mol. The number of rotatable bonds is 8. The lowest BCUT2D eigenvalue weighted by Crippen LogP contribution is -2.25. The number of carbonyl (C=O) groups is 3. The number of benzene rings is 2. The number of hydrogen-bond donors (Lipinski definition) is 4. The number of hydrogen-bond acceptors (Lipinski definition) is 5. The number of urea groups is 1. The molecule has 2 aromatic rings. The van der Waals surface area contributed by atoms with Crippen LogP contribution in [0.15, 0.2) is 36.4 Å². The molecule has 0 aromatic heterocycles. The first-order chi connectivity index (χ1) is 14.4. The molecule has 0 spiro atoms. The molecule has 2 aromatic carbocycles. The predicted octanol–water partition coefficient (Wildman–Crippen LogP) is 2.85. The monoisotopic (exact) mass is 414 g/mol. The molecule has 0 unspecified atom stereocenters. The van der Waals surface area contributed by atoms with Crippen molar-refractivity contribution in [2.45, 2.75) is 13.8 Å². The molecule has 0 aliphatic heterocycles. The molecule has 4 N–H and O–H groups in total. The van der Waals surface area contributed by atoms with Crippen molar-refractivity contribution >= 4 is 29.2 Å². The van der Waals surface area contributed by atoms with Gasteiger partial charge in [-0.15, -0.1) is 0 Å². The summed E-state index contributed by atoms with van der Waals surface area (Å²) in [6.45, 7) is 4.55. The molecule has 0 bridgehead atoms. The van der Waals surface area contributed by atoms with Crippen LogP contribution in [0.2, 0.25) is 0 Å². The quantitative estimate of drug-likeness (QED) is 0.530. The van der Waals surface area contributed by atoms with E-state index in [0.29, 0.717) is 47.1 Å². The largest absolute Gasteiger partial charge is 0.496 e. The summed E-state index contributed by atoms with van der Waals surface area (Å²) >= 11 is 0. The molecule has 30 heavy (non-hydrogen) atoms. The molecular formula is C21H26N4O5. The molecular weight excluding hydrogens is 388 g/mol. The molecule has 4 amide bonds. The van der Waals surface area contributed by atoms with Crippen LogP contribution in [-0.4, -0.2) is 45.2 Å². The second kappa shape index (κ2) is 10.7. The Balaban J connectivity index is 2.17. The van der Waals surface area contributed by atoms with Crippen molar-refractivity contribution in [3.63, 3.8) is 0 Å². The first kappa shape index (κ1) is 22.5. The highest BCUT2D eigenvalue weighted by atomic mass is 16.5. The summed E-state index contributed by atoms with van der Waals surface area (Å²) in [6, 6.07) is 8.95. The zero-order valence-electron chi connectivity index (χ0n) is 17.4. The summed E-state index contributed by atoms with van der Waals surface area (Å²) in [5, 5.41) is 10.7. The number of carbonyl (C=O) groups excluding carboxylic acids is 3. The zero-order chi connectivity index (χ0) is 22.1. The molecule has 0 fully saturated rings. The van der Waals surface area contributed by atoms with Gasteiger partial charge in [-0.2, -0.15) is 0 Å². The maximum Gasteiger partial charge on any atom is 0.323 e. The van der Waals surface area contributed by atoms with Gasteiger partial charge in [0.25, 0.3) is 11.8 Å². The fourth-order valence-electron chi connectivity index (χ4n) is 2.73. The fourth-order valence-corrected chi connectivity index (χ4v) is 2.73. The second-order valence-corrected chi connectivity index (χ2v) is 6.13. The minimum absolute atomic E-state index is 0.305. The highest BCUT2D eigenvalue weighted by molar-refractivity contribution is 6.04. The summed E-state index contributed by atoms with van der Waals surface area (Å²) in [5.74, 6) is 0.183. The highest BCUT2D eigenvalue weighted by Gasteiger charge is 2.15. The number of nitrogens with one attached hydrogen (secondary N) is 4. The Hall–Kier alpha value is -3.75. The Morgan fingerprint density at radius 3 is 1.47 bits per heavy atom. The molecule has 0 saturated heterocycles. The number of amides is 4. The number of methoxy groups -OCH3 is 2. The first-order valence-corrected chi connectivity index (χ1v) is 9.43. The van der Waals surface area contributed by atoms with Gasteiger partial charge < -0.3 is 30.7 Å². The van der Waals surface area contributed by atoms with Crippen LogP contribution in [0.5, 0.6) is 11.5 Å². The molecule has 9 nitrogen and oxygen atoms in total. The van der Waals surface area contributed by atoms with Crippen molar-refractivity contribution in [3.8, 4) is 11.5 Å². The van der Waals surface area contributed by atoms with Crippen molar-refractivity contribution in [3.05, 3.63) is 47.5 Å². The average Bonchev–Trinajstić information content (AvgIpc) is 2.73. The Kier molecular flexibility index (Phi) is 8.04. The van der Waals surface area contributed by atoms with E-state index in [1.54, 1.807) is 24.3 Å². The van der Waals surface area contributed by atoms with Crippen molar-refractivity contribution < 1.29 is 23.9 Å². The third-order valence-corrected chi connectivity index (χ3v) is 4.08. The van der Waals surface area contributed by atoms with Crippen LogP contribution in [0.3, 0.4) is 0 Å². The minimum Gasteiger partial charge on any atom is -0.496 e. The third-order valence-electron chi connectivity index (χ3n) is 4.08. The van der Waals surface area contributed by atoms with E-state index >= 15 is 0 Å². The van der Waals surface area contributed by atoms with E-state index in [2.05, 4.69) is 21.3 Å². The Bertz CT molecular complexity index is 856. The maximum atomic E-state index is 12.4. The van der Waals surface area contributed by atoms with Gasteiger partial charge >= 0.3 is 6.03 Å². The highest BCUT2D eigenvalue weighted by Crippen LogP contribution is 2.24. The molecule has 2 rings (SSSR count). The molecule has 160 valence electrons. The van der Waals surface area contributed by atoms with Gasteiger partial charge in [-0.25, -0.2) is 4.79 Å². The van der Waals surface area contributed by atoms with E-state index in [-0.39, 0.29) is 11.8 Å². The zero-order valence-corrected chi connectivity index (χ0v) is 17.4. The molecule has 9 heteroatoms. The smallest absolute Gasteiger partial charge is 0.323 e. The summed E-state index contributed by atoms with van der Waals surface area (Å²) in [7, 11) is 2.93. The predicted molar refractivity (Wildman–Crippen MR) is 115 cm³/mol. The van der Waals surface area contributed by atoms with E-state index in [9.17, 15) is 14.4 Å². The van der Waals surface area contributed by atoms with Crippen LogP contribution in [0.4, 0.5) is 16.2 Å². The SMILES string of the molecule is CCNC(=O)c1cc(NC(=O)Nc2ccc(OC)c(C(=O)NCC)c2)ccc1OC. The van der Waals surface area contributed by atoms with Crippen LogP contribution >= 0.6 is 0 Å². The van der Waals surface area contributed by atoms with Crippen LogP contribution in [-0.2, 0) is 0 Å². The molecule has 0 radical (unpaired) electrons. The van der Waals surface area contributed by atoms with Gasteiger partial charge in [0.2, 0.25) is 0 Å².